The minimum Gasteiger partial charge on any atom is -0.495 e. The molecule has 27 heavy (non-hydrogen) atoms. The van der Waals surface area contributed by atoms with E-state index in [1.807, 2.05) is 26.0 Å². The zero-order chi connectivity index (χ0) is 20.0. The number of likely N-dealkylation sites (N-methyl/N-ethyl adjacent to an activating group) is 1. The van der Waals surface area contributed by atoms with Crippen molar-refractivity contribution in [1.29, 1.82) is 0 Å². The van der Waals surface area contributed by atoms with Gasteiger partial charge in [-0.25, -0.2) is 8.42 Å². The minimum absolute atomic E-state index is 0.0521. The second kappa shape index (κ2) is 8.96. The summed E-state index contributed by atoms with van der Waals surface area (Å²) < 4.78 is 32.1. The molecule has 2 aromatic rings. The topological polar surface area (TPSA) is 88.6 Å². The Bertz CT molecular complexity index is 883. The average Bonchev–Trinajstić information content (AvgIpc) is 2.66. The third kappa shape index (κ3) is 5.27. The molecule has 7 nitrogen and oxygen atoms in total. The van der Waals surface area contributed by atoms with Gasteiger partial charge in [-0.2, -0.15) is 4.31 Å². The van der Waals surface area contributed by atoms with Crippen molar-refractivity contribution in [2.45, 2.75) is 31.2 Å². The summed E-state index contributed by atoms with van der Waals surface area (Å²) in [7, 11) is -1.09. The van der Waals surface area contributed by atoms with E-state index in [-0.39, 0.29) is 29.7 Å². The maximum Gasteiger partial charge on any atom is 0.246 e. The SMILES string of the molecule is COc1ccc(C(C)C)cc1S(=O)(=O)N(C)CC(=O)NCc1ccccn1. The molecular formula is C19H25N3O4S. The summed E-state index contributed by atoms with van der Waals surface area (Å²) in [6, 6.07) is 10.5. The van der Waals surface area contributed by atoms with Crippen LogP contribution in [0.15, 0.2) is 47.5 Å². The number of pyridine rings is 1. The number of nitrogens with zero attached hydrogens (tertiary/aromatic N) is 2. The van der Waals surface area contributed by atoms with Gasteiger partial charge in [0, 0.05) is 13.2 Å². The Morgan fingerprint density at radius 2 is 2.00 bits per heavy atom. The van der Waals surface area contributed by atoms with E-state index in [1.165, 1.54) is 14.2 Å². The van der Waals surface area contributed by atoms with Crippen molar-refractivity contribution in [1.82, 2.24) is 14.6 Å². The van der Waals surface area contributed by atoms with Gasteiger partial charge in [0.2, 0.25) is 15.9 Å². The van der Waals surface area contributed by atoms with E-state index in [4.69, 9.17) is 4.74 Å². The van der Waals surface area contributed by atoms with E-state index in [2.05, 4.69) is 10.3 Å². The molecule has 0 aliphatic heterocycles. The smallest absolute Gasteiger partial charge is 0.246 e. The van der Waals surface area contributed by atoms with E-state index < -0.39 is 15.9 Å². The first-order valence-corrected chi connectivity index (χ1v) is 10.0. The molecule has 1 aromatic heterocycles. The van der Waals surface area contributed by atoms with Crippen molar-refractivity contribution in [2.24, 2.45) is 0 Å². The molecule has 0 spiro atoms. The molecule has 0 radical (unpaired) electrons. The Morgan fingerprint density at radius 1 is 1.26 bits per heavy atom. The summed E-state index contributed by atoms with van der Waals surface area (Å²) >= 11 is 0. The van der Waals surface area contributed by atoms with Gasteiger partial charge in [-0.05, 0) is 35.7 Å². The Kier molecular flexibility index (Phi) is 6.92. The molecule has 0 aliphatic carbocycles. The van der Waals surface area contributed by atoms with Crippen molar-refractivity contribution in [2.75, 3.05) is 20.7 Å². The maximum absolute atomic E-state index is 13.0. The lowest BCUT2D eigenvalue weighted by atomic mass is 10.0. The molecule has 0 unspecified atom stereocenters. The fourth-order valence-corrected chi connectivity index (χ4v) is 3.77. The lowest BCUT2D eigenvalue weighted by molar-refractivity contribution is -0.121. The lowest BCUT2D eigenvalue weighted by Crippen LogP contribution is -2.38. The first kappa shape index (κ1) is 20.9. The number of aromatic nitrogens is 1. The van der Waals surface area contributed by atoms with E-state index >= 15 is 0 Å². The molecule has 0 saturated heterocycles. The predicted molar refractivity (Wildman–Crippen MR) is 103 cm³/mol. The lowest BCUT2D eigenvalue weighted by Gasteiger charge is -2.19. The van der Waals surface area contributed by atoms with Crippen LogP contribution in [0.5, 0.6) is 5.75 Å². The minimum atomic E-state index is -3.88. The Labute approximate surface area is 160 Å². The molecule has 0 saturated carbocycles. The van der Waals surface area contributed by atoms with Gasteiger partial charge in [0.25, 0.3) is 0 Å². The first-order valence-electron chi connectivity index (χ1n) is 8.56. The zero-order valence-corrected chi connectivity index (χ0v) is 16.8. The molecule has 0 atom stereocenters. The standard InChI is InChI=1S/C19H25N3O4S/c1-14(2)15-8-9-17(26-4)18(11-15)27(24,25)22(3)13-19(23)21-12-16-7-5-6-10-20-16/h5-11,14H,12-13H2,1-4H3,(H,21,23). The molecule has 1 aromatic carbocycles. The number of ether oxygens (including phenoxy) is 1. The molecule has 0 fully saturated rings. The summed E-state index contributed by atoms with van der Waals surface area (Å²) in [6.07, 6.45) is 1.63. The van der Waals surface area contributed by atoms with Crippen LogP contribution in [0.25, 0.3) is 0 Å². The van der Waals surface area contributed by atoms with Gasteiger partial charge < -0.3 is 10.1 Å². The normalized spacial score (nSPS) is 11.6. The van der Waals surface area contributed by atoms with Crippen LogP contribution in [0, 0.1) is 0 Å². The summed E-state index contributed by atoms with van der Waals surface area (Å²) in [5.41, 5.74) is 1.57. The Morgan fingerprint density at radius 3 is 2.59 bits per heavy atom. The van der Waals surface area contributed by atoms with Crippen molar-refractivity contribution in [3.8, 4) is 5.75 Å². The van der Waals surface area contributed by atoms with Crippen LogP contribution in [0.2, 0.25) is 0 Å². The van der Waals surface area contributed by atoms with Crippen LogP contribution in [-0.2, 0) is 21.4 Å². The van der Waals surface area contributed by atoms with Crippen LogP contribution >= 0.6 is 0 Å². The molecule has 1 N–H and O–H groups in total. The van der Waals surface area contributed by atoms with E-state index in [9.17, 15) is 13.2 Å². The van der Waals surface area contributed by atoms with Crippen molar-refractivity contribution >= 4 is 15.9 Å². The van der Waals surface area contributed by atoms with Crippen LogP contribution in [0.3, 0.4) is 0 Å². The highest BCUT2D eigenvalue weighted by Gasteiger charge is 2.27. The number of hydrogen-bond acceptors (Lipinski definition) is 5. The van der Waals surface area contributed by atoms with E-state index in [0.717, 1.165) is 9.87 Å². The van der Waals surface area contributed by atoms with Crippen LogP contribution in [0.4, 0.5) is 0 Å². The molecule has 1 heterocycles. The number of carbonyl (C=O) groups is 1. The number of rotatable bonds is 8. The quantitative estimate of drug-likeness (QED) is 0.745. The molecule has 2 rings (SSSR count). The third-order valence-electron chi connectivity index (χ3n) is 4.10. The molecule has 0 bridgehead atoms. The number of carbonyl (C=O) groups excluding carboxylic acids is 1. The number of methoxy groups -OCH3 is 1. The molecule has 8 heteroatoms. The van der Waals surface area contributed by atoms with Crippen LogP contribution in [-0.4, -0.2) is 44.3 Å². The summed E-state index contributed by atoms with van der Waals surface area (Å²) in [4.78, 5) is 16.3. The molecule has 0 aliphatic rings. The highest BCUT2D eigenvalue weighted by molar-refractivity contribution is 7.89. The van der Waals surface area contributed by atoms with Gasteiger partial charge in [-0.15, -0.1) is 0 Å². The van der Waals surface area contributed by atoms with Gasteiger partial charge in [0.05, 0.1) is 25.9 Å². The highest BCUT2D eigenvalue weighted by atomic mass is 32.2. The number of amides is 1. The fourth-order valence-electron chi connectivity index (χ4n) is 2.46. The van der Waals surface area contributed by atoms with E-state index in [0.29, 0.717) is 5.69 Å². The second-order valence-corrected chi connectivity index (χ2v) is 8.44. The fraction of sp³-hybridized carbons (Fsp3) is 0.368. The summed E-state index contributed by atoms with van der Waals surface area (Å²) in [5.74, 6) is 0.00249. The Balaban J connectivity index is 2.13. The van der Waals surface area contributed by atoms with Gasteiger partial charge in [-0.3, -0.25) is 9.78 Å². The average molecular weight is 391 g/mol. The van der Waals surface area contributed by atoms with Crippen molar-refractivity contribution < 1.29 is 17.9 Å². The number of nitrogens with one attached hydrogen (secondary N) is 1. The largest absolute Gasteiger partial charge is 0.495 e. The van der Waals surface area contributed by atoms with Gasteiger partial charge in [-0.1, -0.05) is 26.0 Å². The molecule has 1 amide bonds. The van der Waals surface area contributed by atoms with Crippen LogP contribution < -0.4 is 10.1 Å². The monoisotopic (exact) mass is 391 g/mol. The number of sulfonamides is 1. The number of benzene rings is 1. The van der Waals surface area contributed by atoms with Crippen LogP contribution in [0.1, 0.15) is 31.0 Å². The highest BCUT2D eigenvalue weighted by Crippen LogP contribution is 2.29. The molecule has 146 valence electrons. The van der Waals surface area contributed by atoms with Crippen molar-refractivity contribution in [3.63, 3.8) is 0 Å². The predicted octanol–water partition coefficient (Wildman–Crippen LogP) is 2.15. The third-order valence-corrected chi connectivity index (χ3v) is 5.93. The second-order valence-electron chi connectivity index (χ2n) is 6.42. The van der Waals surface area contributed by atoms with Gasteiger partial charge in [0.1, 0.15) is 10.6 Å². The number of hydrogen-bond donors (Lipinski definition) is 1. The summed E-state index contributed by atoms with van der Waals surface area (Å²) in [5, 5.41) is 2.67. The van der Waals surface area contributed by atoms with E-state index in [1.54, 1.807) is 30.5 Å². The molecular weight excluding hydrogens is 366 g/mol. The van der Waals surface area contributed by atoms with Gasteiger partial charge >= 0.3 is 0 Å². The van der Waals surface area contributed by atoms with Crippen molar-refractivity contribution in [3.05, 3.63) is 53.9 Å². The first-order chi connectivity index (χ1) is 12.8. The Hall–Kier alpha value is -2.45. The van der Waals surface area contributed by atoms with Gasteiger partial charge in [0.15, 0.2) is 0 Å². The maximum atomic E-state index is 13.0. The summed E-state index contributed by atoms with van der Waals surface area (Å²) in [6.45, 7) is 3.89. The zero-order valence-electron chi connectivity index (χ0n) is 16.0.